The van der Waals surface area contributed by atoms with Gasteiger partial charge in [0.15, 0.2) is 0 Å². The molecule has 0 atom stereocenters. The van der Waals surface area contributed by atoms with Crippen LogP contribution < -0.4 is 10.2 Å². The van der Waals surface area contributed by atoms with Crippen molar-refractivity contribution in [3.8, 4) is 11.3 Å². The number of halogens is 1. The maximum atomic E-state index is 13.0. The number of carboxylic acids is 1. The highest BCUT2D eigenvalue weighted by atomic mass is 79.9. The van der Waals surface area contributed by atoms with E-state index in [0.717, 1.165) is 14.9 Å². The van der Waals surface area contributed by atoms with Crippen LogP contribution in [-0.2, 0) is 9.59 Å². The standard InChI is InChI=1S/C23H15BrN2O6/c1-12-10-13(6-8-18(12)24)26-21(28)17(20(27)25-23(26)31)11-14-7-9-19(32-14)15-4-2-3-5-16(15)22(29)30/h2-11H,1H3,(H,29,30)(H,25,27,31). The number of imide groups is 2. The van der Waals surface area contributed by atoms with Crippen LogP contribution in [0.5, 0.6) is 0 Å². The van der Waals surface area contributed by atoms with E-state index in [-0.39, 0.29) is 22.7 Å². The van der Waals surface area contributed by atoms with Crippen LogP contribution in [0, 0.1) is 6.92 Å². The number of carboxylic acid groups (broad SMARTS) is 1. The Bertz CT molecular complexity index is 1320. The van der Waals surface area contributed by atoms with Crippen molar-refractivity contribution >= 4 is 51.5 Å². The number of barbiturate groups is 1. The molecule has 32 heavy (non-hydrogen) atoms. The Morgan fingerprint density at radius 2 is 1.84 bits per heavy atom. The van der Waals surface area contributed by atoms with E-state index in [2.05, 4.69) is 21.2 Å². The number of furan rings is 1. The van der Waals surface area contributed by atoms with Gasteiger partial charge in [-0.3, -0.25) is 14.9 Å². The smallest absolute Gasteiger partial charge is 0.336 e. The summed E-state index contributed by atoms with van der Waals surface area (Å²) in [5.41, 5.74) is 1.22. The summed E-state index contributed by atoms with van der Waals surface area (Å²) in [5, 5.41) is 11.5. The van der Waals surface area contributed by atoms with E-state index in [9.17, 15) is 24.3 Å². The zero-order valence-corrected chi connectivity index (χ0v) is 18.2. The number of aryl methyl sites for hydroxylation is 1. The van der Waals surface area contributed by atoms with E-state index in [1.54, 1.807) is 49.4 Å². The van der Waals surface area contributed by atoms with Gasteiger partial charge in [0.05, 0.1) is 11.3 Å². The summed E-state index contributed by atoms with van der Waals surface area (Å²) in [6, 6.07) is 13.4. The number of anilines is 1. The molecule has 1 aliphatic heterocycles. The number of urea groups is 1. The van der Waals surface area contributed by atoms with E-state index in [4.69, 9.17) is 4.42 Å². The number of hydrogen-bond acceptors (Lipinski definition) is 5. The molecule has 8 nitrogen and oxygen atoms in total. The molecule has 3 aromatic rings. The van der Waals surface area contributed by atoms with Crippen molar-refractivity contribution in [1.29, 1.82) is 0 Å². The number of hydrogen-bond donors (Lipinski definition) is 2. The van der Waals surface area contributed by atoms with Crippen molar-refractivity contribution in [3.63, 3.8) is 0 Å². The Morgan fingerprint density at radius 1 is 1.09 bits per heavy atom. The molecule has 0 saturated carbocycles. The van der Waals surface area contributed by atoms with Gasteiger partial charge in [-0.15, -0.1) is 0 Å². The average Bonchev–Trinajstić information content (AvgIpc) is 3.22. The molecule has 1 saturated heterocycles. The number of amides is 4. The Labute approximate surface area is 190 Å². The van der Waals surface area contributed by atoms with E-state index in [1.807, 2.05) is 0 Å². The topological polar surface area (TPSA) is 117 Å². The van der Waals surface area contributed by atoms with Crippen molar-refractivity contribution in [2.24, 2.45) is 0 Å². The van der Waals surface area contributed by atoms with Crippen LogP contribution in [0.25, 0.3) is 17.4 Å². The minimum atomic E-state index is -1.11. The molecule has 2 heterocycles. The summed E-state index contributed by atoms with van der Waals surface area (Å²) in [7, 11) is 0. The lowest BCUT2D eigenvalue weighted by atomic mass is 10.1. The van der Waals surface area contributed by atoms with Gasteiger partial charge < -0.3 is 9.52 Å². The summed E-state index contributed by atoms with van der Waals surface area (Å²) >= 11 is 3.37. The average molecular weight is 495 g/mol. The maximum Gasteiger partial charge on any atom is 0.336 e. The molecule has 4 amide bonds. The molecule has 9 heteroatoms. The lowest BCUT2D eigenvalue weighted by molar-refractivity contribution is -0.122. The highest BCUT2D eigenvalue weighted by Crippen LogP contribution is 2.29. The van der Waals surface area contributed by atoms with Gasteiger partial charge in [0.1, 0.15) is 17.1 Å². The van der Waals surface area contributed by atoms with Crippen molar-refractivity contribution in [2.75, 3.05) is 4.90 Å². The third-order valence-corrected chi connectivity index (χ3v) is 5.73. The number of carbonyl (C=O) groups excluding carboxylic acids is 3. The van der Waals surface area contributed by atoms with Gasteiger partial charge in [-0.1, -0.05) is 34.1 Å². The molecule has 1 aliphatic rings. The van der Waals surface area contributed by atoms with Crippen molar-refractivity contribution in [2.45, 2.75) is 6.92 Å². The molecule has 2 aromatic carbocycles. The lowest BCUT2D eigenvalue weighted by Gasteiger charge is -2.26. The molecule has 2 N–H and O–H groups in total. The van der Waals surface area contributed by atoms with Gasteiger partial charge in [-0.05, 0) is 55.0 Å². The van der Waals surface area contributed by atoms with Crippen LogP contribution in [0.2, 0.25) is 0 Å². The number of nitrogens with one attached hydrogen (secondary N) is 1. The minimum absolute atomic E-state index is 0.0509. The summed E-state index contributed by atoms with van der Waals surface area (Å²) < 4.78 is 6.49. The second-order valence-electron chi connectivity index (χ2n) is 6.94. The number of benzene rings is 2. The maximum absolute atomic E-state index is 13.0. The van der Waals surface area contributed by atoms with Crippen LogP contribution in [0.4, 0.5) is 10.5 Å². The fourth-order valence-electron chi connectivity index (χ4n) is 3.26. The zero-order valence-electron chi connectivity index (χ0n) is 16.6. The molecule has 1 fully saturated rings. The van der Waals surface area contributed by atoms with Gasteiger partial charge in [-0.25, -0.2) is 14.5 Å². The fourth-order valence-corrected chi connectivity index (χ4v) is 3.51. The van der Waals surface area contributed by atoms with Crippen LogP contribution in [0.15, 0.2) is 69.1 Å². The minimum Gasteiger partial charge on any atom is -0.478 e. The highest BCUT2D eigenvalue weighted by molar-refractivity contribution is 9.10. The Balaban J connectivity index is 1.70. The van der Waals surface area contributed by atoms with Gasteiger partial charge >= 0.3 is 12.0 Å². The van der Waals surface area contributed by atoms with Crippen LogP contribution in [-0.4, -0.2) is 28.9 Å². The van der Waals surface area contributed by atoms with Gasteiger partial charge in [0, 0.05) is 10.0 Å². The molecule has 0 bridgehead atoms. The van der Waals surface area contributed by atoms with E-state index in [1.165, 1.54) is 18.2 Å². The largest absolute Gasteiger partial charge is 0.478 e. The van der Waals surface area contributed by atoms with Crippen molar-refractivity contribution in [1.82, 2.24) is 5.32 Å². The van der Waals surface area contributed by atoms with E-state index in [0.29, 0.717) is 11.3 Å². The molecular weight excluding hydrogens is 480 g/mol. The van der Waals surface area contributed by atoms with Gasteiger partial charge in [-0.2, -0.15) is 0 Å². The second-order valence-corrected chi connectivity index (χ2v) is 7.80. The third-order valence-electron chi connectivity index (χ3n) is 4.84. The quantitative estimate of drug-likeness (QED) is 0.410. The molecular formula is C23H15BrN2O6. The molecule has 1 aromatic heterocycles. The summed E-state index contributed by atoms with van der Waals surface area (Å²) in [5.74, 6) is -2.36. The fraction of sp³-hybridized carbons (Fsp3) is 0.0435. The second kappa shape index (κ2) is 8.27. The molecule has 160 valence electrons. The molecule has 4 rings (SSSR count). The molecule has 0 unspecified atom stereocenters. The summed E-state index contributed by atoms with van der Waals surface area (Å²) in [6.45, 7) is 1.81. The summed E-state index contributed by atoms with van der Waals surface area (Å²) in [6.07, 6.45) is 1.22. The number of carbonyl (C=O) groups is 4. The number of rotatable bonds is 4. The highest BCUT2D eigenvalue weighted by Gasteiger charge is 2.37. The predicted octanol–water partition coefficient (Wildman–Crippen LogP) is 4.38. The molecule has 0 aliphatic carbocycles. The first kappa shape index (κ1) is 21.3. The van der Waals surface area contributed by atoms with Gasteiger partial charge in [0.25, 0.3) is 11.8 Å². The van der Waals surface area contributed by atoms with Crippen LogP contribution in [0.3, 0.4) is 0 Å². The number of nitrogens with zero attached hydrogens (tertiary/aromatic N) is 1. The first-order chi connectivity index (χ1) is 15.3. The first-order valence-electron chi connectivity index (χ1n) is 9.36. The van der Waals surface area contributed by atoms with Crippen molar-refractivity contribution in [3.05, 3.63) is 81.5 Å². The predicted molar refractivity (Wildman–Crippen MR) is 119 cm³/mol. The van der Waals surface area contributed by atoms with E-state index >= 15 is 0 Å². The molecule has 0 spiro atoms. The van der Waals surface area contributed by atoms with Crippen LogP contribution >= 0.6 is 15.9 Å². The summed E-state index contributed by atoms with van der Waals surface area (Å²) in [4.78, 5) is 50.1. The molecule has 0 radical (unpaired) electrons. The third kappa shape index (κ3) is 3.85. The zero-order chi connectivity index (χ0) is 23.0. The SMILES string of the molecule is Cc1cc(N2C(=O)NC(=O)C(=Cc3ccc(-c4ccccc4C(=O)O)o3)C2=O)ccc1Br. The van der Waals surface area contributed by atoms with Gasteiger partial charge in [0.2, 0.25) is 0 Å². The lowest BCUT2D eigenvalue weighted by Crippen LogP contribution is -2.54. The first-order valence-corrected chi connectivity index (χ1v) is 10.2. The van der Waals surface area contributed by atoms with Crippen LogP contribution in [0.1, 0.15) is 21.7 Å². The van der Waals surface area contributed by atoms with E-state index < -0.39 is 23.8 Å². The number of aromatic carboxylic acids is 1. The van der Waals surface area contributed by atoms with Crippen molar-refractivity contribution < 1.29 is 28.7 Å². The Hall–Kier alpha value is -3.98. The Morgan fingerprint density at radius 3 is 2.56 bits per heavy atom. The Kier molecular flexibility index (Phi) is 5.50. The normalized spacial score (nSPS) is 15.2. The monoisotopic (exact) mass is 494 g/mol.